The van der Waals surface area contributed by atoms with Crippen molar-refractivity contribution in [3.05, 3.63) is 54.7 Å². The average molecular weight is 564 g/mol. The Morgan fingerprint density at radius 1 is 0.760 bits per heavy atom. The Balaban J connectivity index is 2.28. The van der Waals surface area contributed by atoms with Crippen LogP contribution in [0.4, 0.5) is 0 Å². The highest BCUT2D eigenvalue weighted by Crippen LogP contribution is 2.36. The van der Waals surface area contributed by atoms with E-state index in [-0.39, 0.29) is 5.41 Å². The van der Waals surface area contributed by atoms with E-state index < -0.39 is 0 Å². The van der Waals surface area contributed by atoms with Crippen LogP contribution in [0.1, 0.15) is 51.7 Å². The third kappa shape index (κ3) is 5.25. The summed E-state index contributed by atoms with van der Waals surface area (Å²) in [5.41, 5.74) is 2.50. The van der Waals surface area contributed by atoms with Crippen LogP contribution in [0, 0.1) is 7.14 Å². The van der Waals surface area contributed by atoms with Gasteiger partial charge in [-0.1, -0.05) is 39.8 Å². The first-order valence-corrected chi connectivity index (χ1v) is 10.9. The van der Waals surface area contributed by atoms with Crippen molar-refractivity contribution in [1.29, 1.82) is 0 Å². The minimum atomic E-state index is -0.0770. The monoisotopic (exact) mass is 564 g/mol. The third-order valence-corrected chi connectivity index (χ3v) is 5.92. The quantitative estimate of drug-likeness (QED) is 0.329. The molecule has 0 amide bonds. The Bertz CT molecular complexity index is 652. The Kier molecular flexibility index (Phi) is 7.86. The Morgan fingerprint density at radius 2 is 1.16 bits per heavy atom. The van der Waals surface area contributed by atoms with E-state index in [1.165, 1.54) is 11.1 Å². The van der Waals surface area contributed by atoms with E-state index >= 15 is 0 Å². The predicted molar refractivity (Wildman–Crippen MR) is 122 cm³/mol. The molecule has 4 heteroatoms. The number of rotatable bonds is 8. The third-order valence-electron chi connectivity index (χ3n) is 4.23. The molecule has 0 saturated heterocycles. The molecule has 0 unspecified atom stereocenters. The maximum absolute atomic E-state index is 5.81. The fraction of sp³-hybridized carbons (Fsp3) is 0.429. The molecular formula is C21H26I2O2. The first-order valence-electron chi connectivity index (χ1n) is 8.75. The van der Waals surface area contributed by atoms with Gasteiger partial charge in [0.1, 0.15) is 11.5 Å². The number of halogens is 2. The van der Waals surface area contributed by atoms with Crippen LogP contribution in [-0.2, 0) is 5.41 Å². The largest absolute Gasteiger partial charge is 0.492 e. The van der Waals surface area contributed by atoms with Crippen LogP contribution in [0.15, 0.2) is 36.4 Å². The van der Waals surface area contributed by atoms with Crippen molar-refractivity contribution in [3.63, 3.8) is 0 Å². The number of hydrogen-bond acceptors (Lipinski definition) is 2. The van der Waals surface area contributed by atoms with Gasteiger partial charge in [-0.15, -0.1) is 0 Å². The van der Waals surface area contributed by atoms with Crippen molar-refractivity contribution in [1.82, 2.24) is 0 Å². The van der Waals surface area contributed by atoms with Gasteiger partial charge in [0.2, 0.25) is 0 Å². The standard InChI is InChI=1S/C21H26I2O2/c1-5-11-24-19-9-7-15(13-17(19)22)21(3,4)16-8-10-20(18(23)14-16)25-12-6-2/h7-10,13-14H,5-6,11-12H2,1-4H3. The van der Waals surface area contributed by atoms with Crippen LogP contribution in [0.2, 0.25) is 0 Å². The second-order valence-electron chi connectivity index (χ2n) is 6.61. The van der Waals surface area contributed by atoms with E-state index in [9.17, 15) is 0 Å². The summed E-state index contributed by atoms with van der Waals surface area (Å²) in [6.45, 7) is 10.3. The molecule has 2 aromatic rings. The summed E-state index contributed by atoms with van der Waals surface area (Å²) >= 11 is 4.73. The average Bonchev–Trinajstić information content (AvgIpc) is 2.59. The summed E-state index contributed by atoms with van der Waals surface area (Å²) in [7, 11) is 0. The lowest BCUT2D eigenvalue weighted by molar-refractivity contribution is 0.315. The fourth-order valence-corrected chi connectivity index (χ4v) is 3.95. The Morgan fingerprint density at radius 3 is 1.48 bits per heavy atom. The highest BCUT2D eigenvalue weighted by Gasteiger charge is 2.25. The summed E-state index contributed by atoms with van der Waals surface area (Å²) < 4.78 is 13.9. The summed E-state index contributed by atoms with van der Waals surface area (Å²) in [4.78, 5) is 0. The van der Waals surface area contributed by atoms with Crippen molar-refractivity contribution in [2.75, 3.05) is 13.2 Å². The lowest BCUT2D eigenvalue weighted by Gasteiger charge is -2.27. The summed E-state index contributed by atoms with van der Waals surface area (Å²) in [6, 6.07) is 13.0. The van der Waals surface area contributed by atoms with E-state index in [0.717, 1.165) is 44.7 Å². The van der Waals surface area contributed by atoms with E-state index in [4.69, 9.17) is 9.47 Å². The topological polar surface area (TPSA) is 18.5 Å². The van der Waals surface area contributed by atoms with Crippen molar-refractivity contribution >= 4 is 45.2 Å². The van der Waals surface area contributed by atoms with Crippen molar-refractivity contribution in [3.8, 4) is 11.5 Å². The Labute approximate surface area is 179 Å². The summed E-state index contributed by atoms with van der Waals surface area (Å²) in [5, 5.41) is 0. The number of benzene rings is 2. The van der Waals surface area contributed by atoms with Crippen molar-refractivity contribution < 1.29 is 9.47 Å². The van der Waals surface area contributed by atoms with Crippen LogP contribution in [0.25, 0.3) is 0 Å². The molecule has 2 nitrogen and oxygen atoms in total. The minimum absolute atomic E-state index is 0.0770. The van der Waals surface area contributed by atoms with Gasteiger partial charge in [-0.3, -0.25) is 0 Å². The molecule has 25 heavy (non-hydrogen) atoms. The highest BCUT2D eigenvalue weighted by molar-refractivity contribution is 14.1. The molecule has 0 aromatic heterocycles. The first-order chi connectivity index (χ1) is 11.9. The predicted octanol–water partition coefficient (Wildman–Crippen LogP) is 6.80. The molecule has 0 heterocycles. The van der Waals surface area contributed by atoms with Gasteiger partial charge in [-0.25, -0.2) is 0 Å². The van der Waals surface area contributed by atoms with E-state index in [0.29, 0.717) is 0 Å². The molecule has 0 spiro atoms. The van der Waals surface area contributed by atoms with Gasteiger partial charge in [0.05, 0.1) is 20.4 Å². The maximum Gasteiger partial charge on any atom is 0.132 e. The van der Waals surface area contributed by atoms with Crippen LogP contribution in [-0.4, -0.2) is 13.2 Å². The molecule has 2 rings (SSSR count). The molecule has 136 valence electrons. The molecule has 0 fully saturated rings. The normalized spacial score (nSPS) is 11.4. The molecule has 0 saturated carbocycles. The second kappa shape index (κ2) is 9.44. The number of ether oxygens (including phenoxy) is 2. The summed E-state index contributed by atoms with van der Waals surface area (Å²) in [6.07, 6.45) is 2.04. The van der Waals surface area contributed by atoms with E-state index in [1.807, 2.05) is 0 Å². The van der Waals surface area contributed by atoms with Gasteiger partial charge >= 0.3 is 0 Å². The molecule has 2 aromatic carbocycles. The molecule has 0 bridgehead atoms. The molecule has 0 radical (unpaired) electrons. The van der Waals surface area contributed by atoms with Gasteiger partial charge in [0, 0.05) is 5.41 Å². The SMILES string of the molecule is CCCOc1ccc(C(C)(C)c2ccc(OCCC)c(I)c2)cc1I. The van der Waals surface area contributed by atoms with Crippen molar-refractivity contribution in [2.24, 2.45) is 0 Å². The van der Waals surface area contributed by atoms with Gasteiger partial charge in [-0.2, -0.15) is 0 Å². The molecule has 0 N–H and O–H groups in total. The van der Waals surface area contributed by atoms with Crippen molar-refractivity contribution in [2.45, 2.75) is 46.0 Å². The van der Waals surface area contributed by atoms with Crippen LogP contribution in [0.3, 0.4) is 0 Å². The first kappa shape index (κ1) is 20.8. The fourth-order valence-electron chi connectivity index (χ4n) is 2.60. The lowest BCUT2D eigenvalue weighted by atomic mass is 9.78. The minimum Gasteiger partial charge on any atom is -0.492 e. The molecule has 0 aliphatic carbocycles. The lowest BCUT2D eigenvalue weighted by Crippen LogP contribution is -2.19. The Hall–Kier alpha value is -0.500. The zero-order chi connectivity index (χ0) is 18.4. The second-order valence-corrected chi connectivity index (χ2v) is 8.94. The zero-order valence-corrected chi connectivity index (χ0v) is 19.7. The summed E-state index contributed by atoms with van der Waals surface area (Å²) in [5.74, 6) is 1.94. The van der Waals surface area contributed by atoms with Gasteiger partial charge in [0.25, 0.3) is 0 Å². The van der Waals surface area contributed by atoms with E-state index in [1.54, 1.807) is 0 Å². The van der Waals surface area contributed by atoms with Gasteiger partial charge < -0.3 is 9.47 Å². The molecule has 0 atom stereocenters. The molecular weight excluding hydrogens is 538 g/mol. The van der Waals surface area contributed by atoms with Crippen LogP contribution in [0.5, 0.6) is 11.5 Å². The van der Waals surface area contributed by atoms with Gasteiger partial charge in [0.15, 0.2) is 0 Å². The zero-order valence-electron chi connectivity index (χ0n) is 15.4. The number of hydrogen-bond donors (Lipinski definition) is 0. The molecule has 0 aliphatic rings. The highest BCUT2D eigenvalue weighted by atomic mass is 127. The maximum atomic E-state index is 5.81. The molecule has 0 aliphatic heterocycles. The van der Waals surface area contributed by atoms with Gasteiger partial charge in [-0.05, 0) is 93.4 Å². The van der Waals surface area contributed by atoms with E-state index in [2.05, 4.69) is 109 Å². The van der Waals surface area contributed by atoms with Crippen LogP contribution < -0.4 is 9.47 Å². The van der Waals surface area contributed by atoms with Crippen LogP contribution >= 0.6 is 45.2 Å². The smallest absolute Gasteiger partial charge is 0.132 e.